The first-order valence-electron chi connectivity index (χ1n) is 3.75. The molecule has 1 aliphatic rings. The van der Waals surface area contributed by atoms with Crippen molar-refractivity contribution in [2.75, 3.05) is 0 Å². The normalized spacial score (nSPS) is 15.2. The van der Waals surface area contributed by atoms with Crippen molar-refractivity contribution in [3.63, 3.8) is 0 Å². The molecule has 12 heavy (non-hydrogen) atoms. The van der Waals surface area contributed by atoms with E-state index in [-0.39, 0.29) is 5.97 Å². The highest BCUT2D eigenvalue weighted by atomic mass is 127. The number of fused-ring (bicyclic) bond motifs is 1. The summed E-state index contributed by atoms with van der Waals surface area (Å²) in [6, 6.07) is 5.86. The molecule has 0 fully saturated rings. The highest BCUT2D eigenvalue weighted by Gasteiger charge is 2.16. The van der Waals surface area contributed by atoms with E-state index in [9.17, 15) is 4.79 Å². The quantitative estimate of drug-likeness (QED) is 0.411. The molecule has 0 N–H and O–H groups in total. The fraction of sp³-hybridized carbons (Fsp3) is 0.222. The Hall–Kier alpha value is -0.580. The van der Waals surface area contributed by atoms with Crippen molar-refractivity contribution < 1.29 is 9.53 Å². The summed E-state index contributed by atoms with van der Waals surface area (Å²) in [5, 5.41) is 0. The molecule has 1 aliphatic heterocycles. The third-order valence-electron chi connectivity index (χ3n) is 1.84. The molecule has 1 aromatic carbocycles. The topological polar surface area (TPSA) is 26.3 Å². The van der Waals surface area contributed by atoms with Crippen LogP contribution in [0.1, 0.15) is 12.0 Å². The maximum atomic E-state index is 10.9. The summed E-state index contributed by atoms with van der Waals surface area (Å²) in [5.74, 6) is 0.607. The molecule has 0 spiro atoms. The lowest BCUT2D eigenvalue weighted by Gasteiger charge is -2.14. The summed E-state index contributed by atoms with van der Waals surface area (Å²) < 4.78 is 6.23. The van der Waals surface area contributed by atoms with E-state index in [1.165, 1.54) is 3.57 Å². The maximum Gasteiger partial charge on any atom is 0.311 e. The SMILES string of the molecule is O=C1CCc2cc(I)ccc2O1. The molecule has 62 valence electrons. The van der Waals surface area contributed by atoms with E-state index in [1.807, 2.05) is 12.1 Å². The zero-order valence-corrected chi connectivity index (χ0v) is 8.50. The second kappa shape index (κ2) is 3.05. The van der Waals surface area contributed by atoms with E-state index in [0.717, 1.165) is 17.7 Å². The lowest BCUT2D eigenvalue weighted by molar-refractivity contribution is -0.135. The first-order chi connectivity index (χ1) is 5.75. The molecular weight excluding hydrogens is 267 g/mol. The Morgan fingerprint density at radius 2 is 2.17 bits per heavy atom. The van der Waals surface area contributed by atoms with Crippen LogP contribution in [0.4, 0.5) is 0 Å². The van der Waals surface area contributed by atoms with Gasteiger partial charge in [0, 0.05) is 3.57 Å². The largest absolute Gasteiger partial charge is 0.426 e. The van der Waals surface area contributed by atoms with Crippen LogP contribution in [0.5, 0.6) is 5.75 Å². The highest BCUT2D eigenvalue weighted by Crippen LogP contribution is 2.26. The van der Waals surface area contributed by atoms with Crippen molar-refractivity contribution in [1.82, 2.24) is 0 Å². The van der Waals surface area contributed by atoms with Gasteiger partial charge in [-0.25, -0.2) is 0 Å². The molecule has 0 amide bonds. The molecule has 0 aromatic heterocycles. The van der Waals surface area contributed by atoms with Gasteiger partial charge >= 0.3 is 5.97 Å². The number of esters is 1. The lowest BCUT2D eigenvalue weighted by atomic mass is 10.1. The standard InChI is InChI=1S/C9H7IO2/c10-7-2-3-8-6(5-7)1-4-9(11)12-8/h2-3,5H,1,4H2. The number of carbonyl (C=O) groups excluding carboxylic acids is 1. The van der Waals surface area contributed by atoms with Gasteiger partial charge in [-0.15, -0.1) is 0 Å². The van der Waals surface area contributed by atoms with Gasteiger partial charge in [0.2, 0.25) is 0 Å². The predicted octanol–water partition coefficient (Wildman–Crippen LogP) is 2.14. The van der Waals surface area contributed by atoms with Gasteiger partial charge < -0.3 is 4.74 Å². The van der Waals surface area contributed by atoms with Crippen molar-refractivity contribution in [3.8, 4) is 5.75 Å². The number of aryl methyl sites for hydroxylation is 1. The van der Waals surface area contributed by atoms with Crippen LogP contribution in [0.3, 0.4) is 0 Å². The Kier molecular flexibility index (Phi) is 2.04. The second-order valence-corrected chi connectivity index (χ2v) is 3.97. The van der Waals surface area contributed by atoms with Crippen LogP contribution in [-0.4, -0.2) is 5.97 Å². The minimum absolute atomic E-state index is 0.122. The van der Waals surface area contributed by atoms with E-state index in [0.29, 0.717) is 6.42 Å². The minimum atomic E-state index is -0.122. The summed E-state index contributed by atoms with van der Waals surface area (Å²) in [5.41, 5.74) is 1.14. The van der Waals surface area contributed by atoms with Crippen molar-refractivity contribution in [1.29, 1.82) is 0 Å². The van der Waals surface area contributed by atoms with E-state index in [4.69, 9.17) is 4.74 Å². The molecule has 1 aromatic rings. The van der Waals surface area contributed by atoms with Crippen LogP contribution >= 0.6 is 22.6 Å². The van der Waals surface area contributed by atoms with Crippen molar-refractivity contribution in [2.45, 2.75) is 12.8 Å². The van der Waals surface area contributed by atoms with Crippen LogP contribution < -0.4 is 4.74 Å². The number of rotatable bonds is 0. The number of benzene rings is 1. The lowest BCUT2D eigenvalue weighted by Crippen LogP contribution is -2.15. The Morgan fingerprint density at radius 3 is 3.00 bits per heavy atom. The molecule has 0 unspecified atom stereocenters. The van der Waals surface area contributed by atoms with Crippen LogP contribution in [0, 0.1) is 3.57 Å². The average Bonchev–Trinajstić information content (AvgIpc) is 2.05. The van der Waals surface area contributed by atoms with Crippen LogP contribution in [0.15, 0.2) is 18.2 Å². The first-order valence-corrected chi connectivity index (χ1v) is 4.83. The third kappa shape index (κ3) is 1.46. The highest BCUT2D eigenvalue weighted by molar-refractivity contribution is 14.1. The van der Waals surface area contributed by atoms with Gasteiger partial charge in [-0.05, 0) is 52.8 Å². The van der Waals surface area contributed by atoms with E-state index in [1.54, 1.807) is 0 Å². The van der Waals surface area contributed by atoms with Crippen LogP contribution in [0.25, 0.3) is 0 Å². The fourth-order valence-electron chi connectivity index (χ4n) is 1.25. The molecule has 1 heterocycles. The minimum Gasteiger partial charge on any atom is -0.426 e. The van der Waals surface area contributed by atoms with E-state index in [2.05, 4.69) is 28.7 Å². The Balaban J connectivity index is 2.43. The number of hydrogen-bond acceptors (Lipinski definition) is 2. The second-order valence-electron chi connectivity index (χ2n) is 2.73. The van der Waals surface area contributed by atoms with E-state index < -0.39 is 0 Å². The molecule has 0 saturated heterocycles. The Morgan fingerprint density at radius 1 is 1.33 bits per heavy atom. The molecule has 0 saturated carbocycles. The summed E-state index contributed by atoms with van der Waals surface area (Å²) in [7, 11) is 0. The zero-order valence-electron chi connectivity index (χ0n) is 6.34. The van der Waals surface area contributed by atoms with Gasteiger partial charge in [0.1, 0.15) is 5.75 Å². The maximum absolute atomic E-state index is 10.9. The summed E-state index contributed by atoms with van der Waals surface area (Å²) >= 11 is 2.25. The van der Waals surface area contributed by atoms with Crippen molar-refractivity contribution in [3.05, 3.63) is 27.3 Å². The molecule has 3 heteroatoms. The van der Waals surface area contributed by atoms with Gasteiger partial charge in [-0.3, -0.25) is 4.79 Å². The van der Waals surface area contributed by atoms with Gasteiger partial charge in [0.25, 0.3) is 0 Å². The molecular formula is C9H7IO2. The van der Waals surface area contributed by atoms with Gasteiger partial charge in [-0.2, -0.15) is 0 Å². The monoisotopic (exact) mass is 274 g/mol. The smallest absolute Gasteiger partial charge is 0.311 e. The van der Waals surface area contributed by atoms with Crippen LogP contribution in [0.2, 0.25) is 0 Å². The average molecular weight is 274 g/mol. The summed E-state index contributed by atoms with van der Waals surface area (Å²) in [6.07, 6.45) is 1.32. The Bertz CT molecular complexity index is 333. The number of hydrogen-bond donors (Lipinski definition) is 0. The zero-order chi connectivity index (χ0) is 8.55. The van der Waals surface area contributed by atoms with Crippen molar-refractivity contribution in [2.24, 2.45) is 0 Å². The molecule has 0 bridgehead atoms. The Labute approximate surface area is 84.1 Å². The van der Waals surface area contributed by atoms with Crippen LogP contribution in [-0.2, 0) is 11.2 Å². The van der Waals surface area contributed by atoms with Gasteiger partial charge in [0.05, 0.1) is 6.42 Å². The predicted molar refractivity (Wildman–Crippen MR) is 53.1 cm³/mol. The summed E-state index contributed by atoms with van der Waals surface area (Å²) in [4.78, 5) is 10.9. The number of carbonyl (C=O) groups is 1. The van der Waals surface area contributed by atoms with Gasteiger partial charge in [-0.1, -0.05) is 0 Å². The third-order valence-corrected chi connectivity index (χ3v) is 2.52. The molecule has 2 rings (SSSR count). The molecule has 2 nitrogen and oxygen atoms in total. The first kappa shape index (κ1) is 8.04. The summed E-state index contributed by atoms with van der Waals surface area (Å²) in [6.45, 7) is 0. The number of ether oxygens (including phenoxy) is 1. The molecule has 0 atom stereocenters. The molecule has 0 aliphatic carbocycles. The molecule has 0 radical (unpaired) electrons. The van der Waals surface area contributed by atoms with Gasteiger partial charge in [0.15, 0.2) is 0 Å². The fourth-order valence-corrected chi connectivity index (χ4v) is 1.81. The van der Waals surface area contributed by atoms with Crippen molar-refractivity contribution >= 4 is 28.6 Å². The number of halogens is 1. The van der Waals surface area contributed by atoms with E-state index >= 15 is 0 Å².